The number of benzene rings is 1. The summed E-state index contributed by atoms with van der Waals surface area (Å²) >= 11 is 0. The average Bonchev–Trinajstić information content (AvgIpc) is 2.01. The monoisotopic (exact) mass is 192 g/mol. The molecule has 0 bridgehead atoms. The summed E-state index contributed by atoms with van der Waals surface area (Å²) in [5.74, 6) is 0.553. The Balaban J connectivity index is 2.84. The summed E-state index contributed by atoms with van der Waals surface area (Å²) in [6, 6.07) is 8.46. The van der Waals surface area contributed by atoms with Gasteiger partial charge in [0.2, 0.25) is 0 Å². The van der Waals surface area contributed by atoms with Gasteiger partial charge in [-0.15, -0.1) is 0 Å². The van der Waals surface area contributed by atoms with Gasteiger partial charge in [0, 0.05) is 6.42 Å². The molecule has 0 aliphatic rings. The summed E-state index contributed by atoms with van der Waals surface area (Å²) in [6.45, 7) is 8.05. The van der Waals surface area contributed by atoms with Crippen molar-refractivity contribution >= 4 is 0 Å². The number of aliphatic hydroxyl groups is 1. The first kappa shape index (κ1) is 11.3. The van der Waals surface area contributed by atoms with Gasteiger partial charge in [0.25, 0.3) is 0 Å². The second-order valence-electron chi connectivity index (χ2n) is 4.89. The van der Waals surface area contributed by atoms with E-state index in [1.165, 1.54) is 11.1 Å². The van der Waals surface area contributed by atoms with Gasteiger partial charge in [-0.1, -0.05) is 38.1 Å². The third-order valence-corrected chi connectivity index (χ3v) is 2.25. The van der Waals surface area contributed by atoms with Gasteiger partial charge >= 0.3 is 0 Å². The summed E-state index contributed by atoms with van der Waals surface area (Å²) in [4.78, 5) is 0. The summed E-state index contributed by atoms with van der Waals surface area (Å²) in [7, 11) is 0. The van der Waals surface area contributed by atoms with E-state index in [0.717, 1.165) is 0 Å². The van der Waals surface area contributed by atoms with E-state index in [1.807, 2.05) is 13.8 Å². The van der Waals surface area contributed by atoms with Crippen LogP contribution >= 0.6 is 0 Å². The van der Waals surface area contributed by atoms with Gasteiger partial charge in [0.05, 0.1) is 5.60 Å². The van der Waals surface area contributed by atoms with Gasteiger partial charge < -0.3 is 5.11 Å². The van der Waals surface area contributed by atoms with Crippen LogP contribution in [0.4, 0.5) is 0 Å². The Bertz CT molecular complexity index is 294. The summed E-state index contributed by atoms with van der Waals surface area (Å²) < 4.78 is 0. The first-order valence-electron chi connectivity index (χ1n) is 5.20. The molecule has 1 nitrogen and oxygen atoms in total. The predicted octanol–water partition coefficient (Wildman–Crippen LogP) is 3.12. The fraction of sp³-hybridized carbons (Fsp3) is 0.538. The minimum absolute atomic E-state index is 0.553. The summed E-state index contributed by atoms with van der Waals surface area (Å²) in [5.41, 5.74) is 1.94. The largest absolute Gasteiger partial charge is 0.390 e. The molecule has 14 heavy (non-hydrogen) atoms. The maximum absolute atomic E-state index is 9.70. The molecule has 0 heterocycles. The molecular weight excluding hydrogens is 172 g/mol. The SMILES string of the molecule is CC(C)c1cccc(CC(C)(C)O)c1. The minimum Gasteiger partial charge on any atom is -0.390 e. The smallest absolute Gasteiger partial charge is 0.0631 e. The first-order chi connectivity index (χ1) is 6.38. The molecule has 1 aromatic carbocycles. The molecule has 0 aromatic heterocycles. The summed E-state index contributed by atoms with van der Waals surface area (Å²) in [5, 5.41) is 9.70. The topological polar surface area (TPSA) is 20.2 Å². The number of rotatable bonds is 3. The van der Waals surface area contributed by atoms with Crippen molar-refractivity contribution in [3.63, 3.8) is 0 Å². The van der Waals surface area contributed by atoms with Crippen LogP contribution in [0.1, 0.15) is 44.7 Å². The van der Waals surface area contributed by atoms with Crippen molar-refractivity contribution in [3.8, 4) is 0 Å². The highest BCUT2D eigenvalue weighted by molar-refractivity contribution is 5.26. The zero-order valence-electron chi connectivity index (χ0n) is 9.54. The third-order valence-electron chi connectivity index (χ3n) is 2.25. The Morgan fingerprint density at radius 3 is 2.43 bits per heavy atom. The molecule has 1 rings (SSSR count). The molecule has 0 radical (unpaired) electrons. The van der Waals surface area contributed by atoms with Gasteiger partial charge in [-0.2, -0.15) is 0 Å². The highest BCUT2D eigenvalue weighted by Gasteiger charge is 2.13. The van der Waals surface area contributed by atoms with Crippen molar-refractivity contribution < 1.29 is 5.11 Å². The lowest BCUT2D eigenvalue weighted by Crippen LogP contribution is -2.21. The van der Waals surface area contributed by atoms with E-state index in [4.69, 9.17) is 0 Å². The highest BCUT2D eigenvalue weighted by atomic mass is 16.3. The van der Waals surface area contributed by atoms with E-state index >= 15 is 0 Å². The fourth-order valence-corrected chi connectivity index (χ4v) is 1.56. The van der Waals surface area contributed by atoms with Crippen molar-refractivity contribution in [1.29, 1.82) is 0 Å². The third kappa shape index (κ3) is 3.51. The van der Waals surface area contributed by atoms with Crippen LogP contribution in [0.5, 0.6) is 0 Å². The maximum Gasteiger partial charge on any atom is 0.0631 e. The molecule has 0 unspecified atom stereocenters. The van der Waals surface area contributed by atoms with E-state index < -0.39 is 5.60 Å². The minimum atomic E-state index is -0.615. The van der Waals surface area contributed by atoms with Crippen LogP contribution in [0.25, 0.3) is 0 Å². The first-order valence-corrected chi connectivity index (χ1v) is 5.20. The van der Waals surface area contributed by atoms with E-state index in [1.54, 1.807) is 0 Å². The van der Waals surface area contributed by atoms with Crippen LogP contribution in [0.2, 0.25) is 0 Å². The molecule has 0 aliphatic heterocycles. The normalized spacial score (nSPS) is 12.1. The van der Waals surface area contributed by atoms with Crippen LogP contribution in [-0.2, 0) is 6.42 Å². The molecule has 0 aliphatic carbocycles. The predicted molar refractivity (Wildman–Crippen MR) is 60.5 cm³/mol. The lowest BCUT2D eigenvalue weighted by atomic mass is 9.94. The molecule has 0 fully saturated rings. The molecule has 1 aromatic rings. The van der Waals surface area contributed by atoms with Crippen LogP contribution in [0, 0.1) is 0 Å². The summed E-state index contributed by atoms with van der Waals surface area (Å²) in [6.07, 6.45) is 0.716. The van der Waals surface area contributed by atoms with Crippen LogP contribution < -0.4 is 0 Å². The van der Waals surface area contributed by atoms with Crippen molar-refractivity contribution in [2.24, 2.45) is 0 Å². The van der Waals surface area contributed by atoms with E-state index in [9.17, 15) is 5.11 Å². The number of hydrogen-bond donors (Lipinski definition) is 1. The van der Waals surface area contributed by atoms with E-state index in [-0.39, 0.29) is 0 Å². The van der Waals surface area contributed by atoms with Crippen LogP contribution in [0.3, 0.4) is 0 Å². The second kappa shape index (κ2) is 4.14. The van der Waals surface area contributed by atoms with E-state index in [0.29, 0.717) is 12.3 Å². The standard InChI is InChI=1S/C13H20O/c1-10(2)12-7-5-6-11(8-12)9-13(3,4)14/h5-8,10,14H,9H2,1-4H3. The zero-order valence-corrected chi connectivity index (χ0v) is 9.54. The van der Waals surface area contributed by atoms with Gasteiger partial charge in [0.1, 0.15) is 0 Å². The molecule has 78 valence electrons. The quantitative estimate of drug-likeness (QED) is 0.780. The van der Waals surface area contributed by atoms with Gasteiger partial charge in [-0.3, -0.25) is 0 Å². The highest BCUT2D eigenvalue weighted by Crippen LogP contribution is 2.18. The molecule has 1 heteroatoms. The van der Waals surface area contributed by atoms with Crippen molar-refractivity contribution in [3.05, 3.63) is 35.4 Å². The Morgan fingerprint density at radius 1 is 1.29 bits per heavy atom. The molecule has 0 atom stereocenters. The Kier molecular flexibility index (Phi) is 3.33. The van der Waals surface area contributed by atoms with Crippen molar-refractivity contribution in [1.82, 2.24) is 0 Å². The molecule has 0 saturated heterocycles. The molecule has 1 N–H and O–H groups in total. The Morgan fingerprint density at radius 2 is 1.93 bits per heavy atom. The van der Waals surface area contributed by atoms with Crippen LogP contribution in [-0.4, -0.2) is 10.7 Å². The van der Waals surface area contributed by atoms with E-state index in [2.05, 4.69) is 38.1 Å². The molecule has 0 spiro atoms. The van der Waals surface area contributed by atoms with Crippen LogP contribution in [0.15, 0.2) is 24.3 Å². The Hall–Kier alpha value is -0.820. The number of hydrogen-bond acceptors (Lipinski definition) is 1. The Labute approximate surface area is 86.8 Å². The molecular formula is C13H20O. The van der Waals surface area contributed by atoms with Gasteiger partial charge in [0.15, 0.2) is 0 Å². The zero-order chi connectivity index (χ0) is 10.8. The second-order valence-corrected chi connectivity index (χ2v) is 4.89. The van der Waals surface area contributed by atoms with Gasteiger partial charge in [-0.05, 0) is 30.9 Å². The average molecular weight is 192 g/mol. The van der Waals surface area contributed by atoms with Crippen molar-refractivity contribution in [2.45, 2.75) is 45.6 Å². The van der Waals surface area contributed by atoms with Crippen molar-refractivity contribution in [2.75, 3.05) is 0 Å². The molecule has 0 amide bonds. The maximum atomic E-state index is 9.70. The fourth-order valence-electron chi connectivity index (χ4n) is 1.56. The lowest BCUT2D eigenvalue weighted by molar-refractivity contribution is 0.0810. The lowest BCUT2D eigenvalue weighted by Gasteiger charge is -2.17. The molecule has 0 saturated carbocycles. The van der Waals surface area contributed by atoms with Gasteiger partial charge in [-0.25, -0.2) is 0 Å².